The van der Waals surface area contributed by atoms with Crippen LogP contribution >= 0.6 is 0 Å². The first-order valence-electron chi connectivity index (χ1n) is 14.5. The molecule has 3 fully saturated rings. The molecule has 6 atom stereocenters. The Kier molecular flexibility index (Phi) is 5.44. The zero-order valence-electron chi connectivity index (χ0n) is 23.3. The van der Waals surface area contributed by atoms with Crippen molar-refractivity contribution < 1.29 is 19.7 Å². The summed E-state index contributed by atoms with van der Waals surface area (Å²) < 4.78 is 6.68. The Balaban J connectivity index is 1.27. The number of aliphatic hydroxyl groups is 1. The van der Waals surface area contributed by atoms with E-state index in [2.05, 4.69) is 30.6 Å². The van der Waals surface area contributed by atoms with Crippen molar-refractivity contribution in [3.63, 3.8) is 0 Å². The van der Waals surface area contributed by atoms with E-state index in [1.807, 2.05) is 38.2 Å². The minimum Gasteiger partial charge on any atom is -0.504 e. The van der Waals surface area contributed by atoms with Crippen molar-refractivity contribution in [1.82, 2.24) is 9.80 Å². The number of benzene rings is 2. The van der Waals surface area contributed by atoms with Crippen LogP contribution in [-0.2, 0) is 16.6 Å². The van der Waals surface area contributed by atoms with Crippen LogP contribution in [0.25, 0.3) is 0 Å². The van der Waals surface area contributed by atoms with Crippen molar-refractivity contribution in [2.24, 2.45) is 11.8 Å². The predicted molar refractivity (Wildman–Crippen MR) is 149 cm³/mol. The van der Waals surface area contributed by atoms with E-state index in [9.17, 15) is 15.0 Å². The van der Waals surface area contributed by atoms with Gasteiger partial charge in [0.15, 0.2) is 11.5 Å². The van der Waals surface area contributed by atoms with E-state index in [0.29, 0.717) is 12.2 Å². The third kappa shape index (κ3) is 3.45. The van der Waals surface area contributed by atoms with Crippen molar-refractivity contribution in [3.05, 3.63) is 58.1 Å². The number of aryl methyl sites for hydroxylation is 2. The fraction of sp³-hybridized carbons (Fsp3) is 0.545. The Hall–Kier alpha value is -3.01. The third-order valence-electron chi connectivity index (χ3n) is 10.7. The van der Waals surface area contributed by atoms with Gasteiger partial charge in [0.1, 0.15) is 6.10 Å². The van der Waals surface area contributed by atoms with Crippen molar-refractivity contribution in [2.45, 2.75) is 82.1 Å². The fourth-order valence-electron chi connectivity index (χ4n) is 8.48. The Morgan fingerprint density at radius 2 is 2.00 bits per heavy atom. The average molecular weight is 527 g/mol. The minimum absolute atomic E-state index is 0.00752. The molecule has 1 amide bonds. The van der Waals surface area contributed by atoms with Crippen LogP contribution in [0.5, 0.6) is 11.5 Å². The Labute approximate surface area is 231 Å². The lowest BCUT2D eigenvalue weighted by molar-refractivity contribution is -0.212. The second-order valence-corrected chi connectivity index (χ2v) is 12.9. The van der Waals surface area contributed by atoms with Gasteiger partial charge in [0.2, 0.25) is 0 Å². The zero-order valence-corrected chi connectivity index (χ0v) is 23.3. The minimum atomic E-state index is -0.984. The van der Waals surface area contributed by atoms with Gasteiger partial charge in [0.25, 0.3) is 5.91 Å². The number of carbonyl (C=O) groups excluding carboxylic acids is 1. The lowest BCUT2D eigenvalue weighted by atomic mass is 9.46. The molecule has 2 bridgehead atoms. The molecule has 1 saturated heterocycles. The molecule has 2 saturated carbocycles. The van der Waals surface area contributed by atoms with Gasteiger partial charge in [0, 0.05) is 36.7 Å². The fourth-order valence-corrected chi connectivity index (χ4v) is 8.48. The summed E-state index contributed by atoms with van der Waals surface area (Å²) in [6.07, 6.45) is 4.21. The summed E-state index contributed by atoms with van der Waals surface area (Å²) in [5, 5.41) is 23.7. The Morgan fingerprint density at radius 1 is 1.21 bits per heavy atom. The first-order chi connectivity index (χ1) is 18.6. The zero-order chi connectivity index (χ0) is 27.3. The van der Waals surface area contributed by atoms with Crippen LogP contribution in [0.15, 0.2) is 30.3 Å². The summed E-state index contributed by atoms with van der Waals surface area (Å²) in [7, 11) is 1.81. The highest BCUT2D eigenvalue weighted by atomic mass is 16.5. The molecule has 2 aliphatic heterocycles. The molecule has 6 nitrogen and oxygen atoms in total. The Morgan fingerprint density at radius 3 is 2.74 bits per heavy atom. The van der Waals surface area contributed by atoms with Gasteiger partial charge in [0.05, 0.1) is 17.1 Å². The normalized spacial score (nSPS) is 34.0. The quantitative estimate of drug-likeness (QED) is 0.597. The van der Waals surface area contributed by atoms with Crippen molar-refractivity contribution in [2.75, 3.05) is 20.1 Å². The number of piperidine rings is 1. The second-order valence-electron chi connectivity index (χ2n) is 12.9. The van der Waals surface area contributed by atoms with E-state index in [0.717, 1.165) is 54.1 Å². The van der Waals surface area contributed by atoms with Gasteiger partial charge in [-0.2, -0.15) is 0 Å². The first-order valence-corrected chi connectivity index (χ1v) is 14.5. The maximum absolute atomic E-state index is 13.5. The number of nitrogens with zero attached hydrogens (tertiary/aromatic N) is 2. The van der Waals surface area contributed by atoms with Gasteiger partial charge in [-0.05, 0) is 99.2 Å². The highest BCUT2D eigenvalue weighted by molar-refractivity contribution is 5.94. The smallest absolute Gasteiger partial charge is 0.298 e. The monoisotopic (exact) mass is 526 g/mol. The molecule has 204 valence electrons. The van der Waals surface area contributed by atoms with E-state index < -0.39 is 17.1 Å². The van der Waals surface area contributed by atoms with Gasteiger partial charge >= 0.3 is 0 Å². The molecular formula is C33H38N2O4. The lowest BCUT2D eigenvalue weighted by Crippen LogP contribution is -2.79. The molecule has 2 aromatic rings. The molecule has 6 heteroatoms. The number of likely N-dealkylation sites (tertiary alicyclic amines) is 1. The predicted octanol–water partition coefficient (Wildman–Crippen LogP) is 3.70. The molecule has 0 aromatic heterocycles. The molecule has 7 rings (SSSR count). The van der Waals surface area contributed by atoms with E-state index in [1.54, 1.807) is 11.0 Å². The number of hydrogen-bond acceptors (Lipinski definition) is 5. The topological polar surface area (TPSA) is 73.2 Å². The van der Waals surface area contributed by atoms with E-state index in [1.165, 1.54) is 18.4 Å². The molecule has 0 radical (unpaired) electrons. The van der Waals surface area contributed by atoms with Gasteiger partial charge in [-0.25, -0.2) is 0 Å². The molecule has 1 spiro atoms. The van der Waals surface area contributed by atoms with Crippen molar-refractivity contribution in [1.29, 1.82) is 0 Å². The molecule has 0 unspecified atom stereocenters. The maximum Gasteiger partial charge on any atom is 0.298 e. The summed E-state index contributed by atoms with van der Waals surface area (Å²) in [4.78, 5) is 17.8. The first kappa shape index (κ1) is 25.0. The number of carbonyl (C=O) groups is 1. The summed E-state index contributed by atoms with van der Waals surface area (Å²) in [5.41, 5.74) is 3.67. The third-order valence-corrected chi connectivity index (χ3v) is 10.7. The van der Waals surface area contributed by atoms with Crippen molar-refractivity contribution >= 4 is 5.91 Å². The van der Waals surface area contributed by atoms with Gasteiger partial charge in [-0.1, -0.05) is 25.0 Å². The van der Waals surface area contributed by atoms with Gasteiger partial charge < -0.3 is 19.8 Å². The highest BCUT2D eigenvalue weighted by Crippen LogP contribution is 2.66. The van der Waals surface area contributed by atoms with Crippen LogP contribution in [0.3, 0.4) is 0 Å². The van der Waals surface area contributed by atoms with Crippen LogP contribution in [-0.4, -0.2) is 69.8 Å². The summed E-state index contributed by atoms with van der Waals surface area (Å²) in [6.45, 7) is 8.16. The summed E-state index contributed by atoms with van der Waals surface area (Å²) in [5.74, 6) is 7.04. The van der Waals surface area contributed by atoms with E-state index >= 15 is 0 Å². The molecule has 2 N–H and O–H groups in total. The highest BCUT2D eigenvalue weighted by Gasteiger charge is 2.74. The number of aromatic hydroxyl groups is 1. The molecule has 39 heavy (non-hydrogen) atoms. The number of amides is 1. The van der Waals surface area contributed by atoms with Crippen LogP contribution < -0.4 is 4.74 Å². The number of ether oxygens (including phenoxy) is 1. The summed E-state index contributed by atoms with van der Waals surface area (Å²) >= 11 is 0. The second kappa shape index (κ2) is 8.49. The SMILES string of the molecule is Cc1ccc(C#CC(=O)N(C)[C@H]2[C@H](C)C[C@@]3(O)[C@H]4Cc5ccc(O)c6c5[C@@]3(CCN4CC3CC3)[C@H]2O6)cc1C. The standard InChI is InChI=1S/C33H38N2O4/c1-19-5-6-22(15-20(19)2)9-12-27(37)34(4)29-21(3)17-33(38)26-16-24-10-11-25(36)30-28(24)32(33,31(29)39-30)13-14-35(26)18-23-7-8-23/h5-6,10-11,15,21,23,26,29,31,36,38H,7-8,13-14,16-18H2,1-4H3/t21-,26-,29+,31+,32+,33-/m1/s1. The number of rotatable bonds is 3. The molecule has 2 aromatic carbocycles. The van der Waals surface area contributed by atoms with Gasteiger partial charge in [-0.3, -0.25) is 9.69 Å². The molecule has 2 heterocycles. The van der Waals surface area contributed by atoms with Crippen LogP contribution in [0.2, 0.25) is 0 Å². The lowest BCUT2D eigenvalue weighted by Gasteiger charge is -2.66. The maximum atomic E-state index is 13.5. The molecule has 5 aliphatic rings. The van der Waals surface area contributed by atoms with Crippen LogP contribution in [0, 0.1) is 37.5 Å². The van der Waals surface area contributed by atoms with Crippen LogP contribution in [0.4, 0.5) is 0 Å². The molecule has 3 aliphatic carbocycles. The van der Waals surface area contributed by atoms with E-state index in [4.69, 9.17) is 4.74 Å². The van der Waals surface area contributed by atoms with Crippen LogP contribution in [0.1, 0.15) is 60.4 Å². The largest absolute Gasteiger partial charge is 0.504 e. The number of likely N-dealkylation sites (N-methyl/N-ethyl adjacent to an activating group) is 1. The number of phenols is 1. The Bertz CT molecular complexity index is 1440. The molecular weight excluding hydrogens is 488 g/mol. The van der Waals surface area contributed by atoms with E-state index in [-0.39, 0.29) is 29.7 Å². The van der Waals surface area contributed by atoms with Crippen molar-refractivity contribution in [3.8, 4) is 23.3 Å². The number of phenolic OH excluding ortho intramolecular Hbond substituents is 1. The number of hydrogen-bond donors (Lipinski definition) is 2. The van der Waals surface area contributed by atoms with Gasteiger partial charge in [-0.15, -0.1) is 0 Å². The average Bonchev–Trinajstić information content (AvgIpc) is 3.64. The summed E-state index contributed by atoms with van der Waals surface area (Å²) in [6, 6.07) is 9.47.